The molecule has 1 nitrogen and oxygen atoms in total. The predicted molar refractivity (Wildman–Crippen MR) is 54.4 cm³/mol. The fourth-order valence-corrected chi connectivity index (χ4v) is 2.07. The second kappa shape index (κ2) is 4.86. The largest absolute Gasteiger partial charge is 0.301 e. The molecule has 1 heteroatoms. The van der Waals surface area contributed by atoms with Gasteiger partial charge in [0.1, 0.15) is 0 Å². The Morgan fingerprint density at radius 2 is 1.25 bits per heavy atom. The highest BCUT2D eigenvalue weighted by Crippen LogP contribution is 2.18. The molecule has 0 amide bonds. The van der Waals surface area contributed by atoms with Crippen molar-refractivity contribution >= 4 is 0 Å². The molecule has 1 aliphatic heterocycles. The van der Waals surface area contributed by atoms with E-state index in [0.717, 1.165) is 12.1 Å². The summed E-state index contributed by atoms with van der Waals surface area (Å²) in [6.45, 7) is 4.73. The molecule has 0 aliphatic carbocycles. The lowest BCUT2D eigenvalue weighted by Crippen LogP contribution is -2.36. The molecule has 0 saturated carbocycles. The standard InChI is InChI=1S/C11H23N/c1-10-8-6-4-5-7-9-11(2)12(10)3/h10-11H,4-9H2,1-3H3/t10-,11?/m1/s1. The zero-order chi connectivity index (χ0) is 8.97. The van der Waals surface area contributed by atoms with Gasteiger partial charge in [-0.25, -0.2) is 0 Å². The van der Waals surface area contributed by atoms with E-state index in [4.69, 9.17) is 0 Å². The fourth-order valence-electron chi connectivity index (χ4n) is 2.07. The Bertz CT molecular complexity index is 108. The third kappa shape index (κ3) is 2.78. The van der Waals surface area contributed by atoms with Gasteiger partial charge in [-0.3, -0.25) is 0 Å². The maximum Gasteiger partial charge on any atom is 0.00666 e. The van der Waals surface area contributed by atoms with Crippen molar-refractivity contribution in [3.63, 3.8) is 0 Å². The summed E-state index contributed by atoms with van der Waals surface area (Å²) in [5, 5.41) is 0. The van der Waals surface area contributed by atoms with Crippen LogP contribution in [-0.4, -0.2) is 24.0 Å². The highest BCUT2D eigenvalue weighted by molar-refractivity contribution is 4.72. The van der Waals surface area contributed by atoms with Gasteiger partial charge in [0.05, 0.1) is 0 Å². The summed E-state index contributed by atoms with van der Waals surface area (Å²) in [5.41, 5.74) is 0. The minimum Gasteiger partial charge on any atom is -0.301 e. The minimum atomic E-state index is 0.790. The molecule has 1 saturated heterocycles. The highest BCUT2D eigenvalue weighted by Gasteiger charge is 2.16. The van der Waals surface area contributed by atoms with Gasteiger partial charge in [0.2, 0.25) is 0 Å². The molecule has 0 aromatic heterocycles. The van der Waals surface area contributed by atoms with Crippen LogP contribution in [-0.2, 0) is 0 Å². The molecule has 1 unspecified atom stereocenters. The molecule has 0 spiro atoms. The summed E-state index contributed by atoms with van der Waals surface area (Å²) >= 11 is 0. The lowest BCUT2D eigenvalue weighted by atomic mass is 10.1. The van der Waals surface area contributed by atoms with Crippen LogP contribution in [0.5, 0.6) is 0 Å². The van der Waals surface area contributed by atoms with Crippen LogP contribution in [0.25, 0.3) is 0 Å². The monoisotopic (exact) mass is 169 g/mol. The van der Waals surface area contributed by atoms with E-state index in [-0.39, 0.29) is 0 Å². The number of hydrogen-bond acceptors (Lipinski definition) is 1. The second-order valence-electron chi connectivity index (χ2n) is 4.36. The van der Waals surface area contributed by atoms with Crippen LogP contribution in [0, 0.1) is 0 Å². The molecule has 12 heavy (non-hydrogen) atoms. The summed E-state index contributed by atoms with van der Waals surface area (Å²) in [7, 11) is 2.28. The average Bonchev–Trinajstić information content (AvgIpc) is 2.12. The van der Waals surface area contributed by atoms with Gasteiger partial charge >= 0.3 is 0 Å². The molecule has 1 heterocycles. The average molecular weight is 169 g/mol. The maximum absolute atomic E-state index is 2.55. The van der Waals surface area contributed by atoms with Gasteiger partial charge in [-0.1, -0.05) is 25.7 Å². The lowest BCUT2D eigenvalue weighted by Gasteiger charge is -2.30. The zero-order valence-corrected chi connectivity index (χ0v) is 8.84. The molecule has 72 valence electrons. The number of hydrogen-bond donors (Lipinski definition) is 0. The Balaban J connectivity index is 2.44. The van der Waals surface area contributed by atoms with Crippen LogP contribution < -0.4 is 0 Å². The first kappa shape index (κ1) is 10.0. The van der Waals surface area contributed by atoms with Gasteiger partial charge in [-0.05, 0) is 33.7 Å². The van der Waals surface area contributed by atoms with Crippen molar-refractivity contribution in [2.75, 3.05) is 7.05 Å². The normalized spacial score (nSPS) is 35.2. The quantitative estimate of drug-likeness (QED) is 0.539. The molecule has 0 aromatic rings. The van der Waals surface area contributed by atoms with Crippen LogP contribution in [0.3, 0.4) is 0 Å². The van der Waals surface area contributed by atoms with Crippen LogP contribution in [0.2, 0.25) is 0 Å². The molecule has 1 rings (SSSR count). The molecule has 2 atom stereocenters. The Hall–Kier alpha value is -0.0400. The topological polar surface area (TPSA) is 3.24 Å². The minimum absolute atomic E-state index is 0.790. The Morgan fingerprint density at radius 1 is 0.833 bits per heavy atom. The lowest BCUT2D eigenvalue weighted by molar-refractivity contribution is 0.181. The van der Waals surface area contributed by atoms with E-state index < -0.39 is 0 Å². The Morgan fingerprint density at radius 3 is 1.67 bits per heavy atom. The van der Waals surface area contributed by atoms with E-state index in [1.807, 2.05) is 0 Å². The number of nitrogens with zero attached hydrogens (tertiary/aromatic N) is 1. The highest BCUT2D eigenvalue weighted by atomic mass is 15.1. The van der Waals surface area contributed by atoms with E-state index >= 15 is 0 Å². The van der Waals surface area contributed by atoms with E-state index in [1.54, 1.807) is 0 Å². The summed E-state index contributed by atoms with van der Waals surface area (Å²) < 4.78 is 0. The van der Waals surface area contributed by atoms with Crippen molar-refractivity contribution in [1.82, 2.24) is 4.90 Å². The molecule has 0 aromatic carbocycles. The van der Waals surface area contributed by atoms with Gasteiger partial charge in [0.25, 0.3) is 0 Å². The van der Waals surface area contributed by atoms with Gasteiger partial charge < -0.3 is 4.90 Å². The van der Waals surface area contributed by atoms with E-state index in [2.05, 4.69) is 25.8 Å². The first-order valence-corrected chi connectivity index (χ1v) is 5.43. The van der Waals surface area contributed by atoms with Gasteiger partial charge in [-0.15, -0.1) is 0 Å². The SMILES string of the molecule is CC1CCCCCC[C@@H](C)N1C. The van der Waals surface area contributed by atoms with E-state index in [0.29, 0.717) is 0 Å². The molecular formula is C11H23N. The van der Waals surface area contributed by atoms with Crippen LogP contribution in [0.1, 0.15) is 52.4 Å². The molecule has 1 fully saturated rings. The molecule has 0 radical (unpaired) electrons. The third-order valence-corrected chi connectivity index (χ3v) is 3.38. The van der Waals surface area contributed by atoms with Gasteiger partial charge in [0.15, 0.2) is 0 Å². The number of rotatable bonds is 0. The summed E-state index contributed by atoms with van der Waals surface area (Å²) in [6, 6.07) is 1.58. The van der Waals surface area contributed by atoms with E-state index in [9.17, 15) is 0 Å². The maximum atomic E-state index is 2.55. The van der Waals surface area contributed by atoms with Crippen molar-refractivity contribution in [3.05, 3.63) is 0 Å². The van der Waals surface area contributed by atoms with E-state index in [1.165, 1.54) is 38.5 Å². The van der Waals surface area contributed by atoms with Crippen molar-refractivity contribution < 1.29 is 0 Å². The second-order valence-corrected chi connectivity index (χ2v) is 4.36. The Labute approximate surface area is 77.1 Å². The van der Waals surface area contributed by atoms with Crippen LogP contribution in [0.4, 0.5) is 0 Å². The van der Waals surface area contributed by atoms with Crippen molar-refractivity contribution in [3.8, 4) is 0 Å². The third-order valence-electron chi connectivity index (χ3n) is 3.38. The Kier molecular flexibility index (Phi) is 4.07. The van der Waals surface area contributed by atoms with Crippen molar-refractivity contribution in [2.45, 2.75) is 64.5 Å². The smallest absolute Gasteiger partial charge is 0.00666 e. The predicted octanol–water partition coefficient (Wildman–Crippen LogP) is 3.05. The molecule has 0 bridgehead atoms. The van der Waals surface area contributed by atoms with Crippen molar-refractivity contribution in [1.29, 1.82) is 0 Å². The summed E-state index contributed by atoms with van der Waals surface area (Å²) in [6.07, 6.45) is 8.54. The van der Waals surface area contributed by atoms with Crippen LogP contribution in [0.15, 0.2) is 0 Å². The summed E-state index contributed by atoms with van der Waals surface area (Å²) in [5.74, 6) is 0. The van der Waals surface area contributed by atoms with Crippen molar-refractivity contribution in [2.24, 2.45) is 0 Å². The van der Waals surface area contributed by atoms with Gasteiger partial charge in [0, 0.05) is 12.1 Å². The van der Waals surface area contributed by atoms with Crippen LogP contribution >= 0.6 is 0 Å². The first-order valence-electron chi connectivity index (χ1n) is 5.43. The zero-order valence-electron chi connectivity index (χ0n) is 8.84. The van der Waals surface area contributed by atoms with Gasteiger partial charge in [-0.2, -0.15) is 0 Å². The molecular weight excluding hydrogens is 146 g/mol. The molecule has 1 aliphatic rings. The molecule has 0 N–H and O–H groups in total. The fraction of sp³-hybridized carbons (Fsp3) is 1.00. The summed E-state index contributed by atoms with van der Waals surface area (Å²) in [4.78, 5) is 2.55. The first-order chi connectivity index (χ1) is 5.72.